The number of hydrogen-bond acceptors (Lipinski definition) is 4. The zero-order valence-corrected chi connectivity index (χ0v) is 15.7. The van der Waals surface area contributed by atoms with Crippen molar-refractivity contribution in [2.75, 3.05) is 33.2 Å². The highest BCUT2D eigenvalue weighted by molar-refractivity contribution is 5.91. The highest BCUT2D eigenvalue weighted by Crippen LogP contribution is 2.20. The molecule has 2 heterocycles. The predicted molar refractivity (Wildman–Crippen MR) is 99.2 cm³/mol. The fraction of sp³-hybridized carbons (Fsp3) is 0.450. The summed E-state index contributed by atoms with van der Waals surface area (Å²) in [5, 5.41) is 1.95. The lowest BCUT2D eigenvalue weighted by Gasteiger charge is -2.29. The average molecular weight is 358 g/mol. The second-order valence-corrected chi connectivity index (χ2v) is 7.16. The average Bonchev–Trinajstić information content (AvgIpc) is 3.11. The molecule has 0 atom stereocenters. The molecule has 1 amide bonds. The minimum absolute atomic E-state index is 0.211. The van der Waals surface area contributed by atoms with Gasteiger partial charge in [-0.1, -0.05) is 26.0 Å². The van der Waals surface area contributed by atoms with E-state index in [1.165, 1.54) is 10.5 Å². The molecule has 1 aliphatic heterocycles. The molecule has 0 radical (unpaired) electrons. The maximum atomic E-state index is 12.3. The summed E-state index contributed by atoms with van der Waals surface area (Å²) >= 11 is 0. The first kappa shape index (κ1) is 18.5. The van der Waals surface area contributed by atoms with Crippen LogP contribution in [0.15, 0.2) is 40.8 Å². The minimum Gasteiger partial charge on any atom is -0.486 e. The number of ether oxygens (including phenoxy) is 1. The largest absolute Gasteiger partial charge is 0.486 e. The lowest BCUT2D eigenvalue weighted by molar-refractivity contribution is -0.884. The number of benzene rings is 1. The Balaban J connectivity index is 1.50. The van der Waals surface area contributed by atoms with E-state index in [-0.39, 0.29) is 5.91 Å². The van der Waals surface area contributed by atoms with Gasteiger partial charge < -0.3 is 14.1 Å². The van der Waals surface area contributed by atoms with Crippen LogP contribution in [0.2, 0.25) is 0 Å². The lowest BCUT2D eigenvalue weighted by atomic mass is 10.0. The fourth-order valence-corrected chi connectivity index (χ4v) is 2.88. The van der Waals surface area contributed by atoms with Crippen molar-refractivity contribution in [2.45, 2.75) is 26.4 Å². The van der Waals surface area contributed by atoms with Crippen molar-refractivity contribution in [1.82, 2.24) is 10.4 Å². The van der Waals surface area contributed by atoms with Gasteiger partial charge in [-0.15, -0.1) is 0 Å². The van der Waals surface area contributed by atoms with Gasteiger partial charge in [0.2, 0.25) is 0 Å². The van der Waals surface area contributed by atoms with Crippen molar-refractivity contribution in [3.05, 3.63) is 53.5 Å². The Morgan fingerprint density at radius 2 is 1.88 bits per heavy atom. The van der Waals surface area contributed by atoms with Crippen LogP contribution in [0.1, 0.15) is 41.6 Å². The molecule has 1 aromatic carbocycles. The molecule has 1 aliphatic rings. The Kier molecular flexibility index (Phi) is 5.96. The van der Waals surface area contributed by atoms with Gasteiger partial charge in [-0.3, -0.25) is 10.2 Å². The summed E-state index contributed by atoms with van der Waals surface area (Å²) in [6.45, 7) is 8.36. The van der Waals surface area contributed by atoms with Gasteiger partial charge in [-0.2, -0.15) is 0 Å². The zero-order chi connectivity index (χ0) is 18.5. The standard InChI is InChI=1S/C20H27N3O3/c1-15(2)16-4-6-17(7-5-16)25-14-18-8-9-19(26-18)20(24)21-23-12-10-22(3)11-13-23/h4-9,15H,10-14H2,1-3H3,(H,21,24)/p+1. The third-order valence-electron chi connectivity index (χ3n) is 4.69. The van der Waals surface area contributed by atoms with Crippen LogP contribution in [0, 0.1) is 0 Å². The van der Waals surface area contributed by atoms with E-state index >= 15 is 0 Å². The van der Waals surface area contributed by atoms with Crippen LogP contribution < -0.4 is 15.1 Å². The smallest absolute Gasteiger partial charge is 0.301 e. The van der Waals surface area contributed by atoms with E-state index in [2.05, 4.69) is 38.5 Å². The summed E-state index contributed by atoms with van der Waals surface area (Å²) in [4.78, 5) is 13.8. The summed E-state index contributed by atoms with van der Waals surface area (Å²) < 4.78 is 11.4. The van der Waals surface area contributed by atoms with E-state index in [4.69, 9.17) is 9.15 Å². The second-order valence-electron chi connectivity index (χ2n) is 7.16. The number of piperazine rings is 1. The molecule has 140 valence electrons. The topological polar surface area (TPSA) is 59.1 Å². The maximum absolute atomic E-state index is 12.3. The van der Waals surface area contributed by atoms with Crippen molar-refractivity contribution in [2.24, 2.45) is 0 Å². The van der Waals surface area contributed by atoms with Gasteiger partial charge >= 0.3 is 5.91 Å². The van der Waals surface area contributed by atoms with Crippen LogP contribution in [0.5, 0.6) is 5.75 Å². The van der Waals surface area contributed by atoms with E-state index in [1.807, 2.05) is 17.1 Å². The highest BCUT2D eigenvalue weighted by Gasteiger charge is 2.20. The highest BCUT2D eigenvalue weighted by atomic mass is 16.5. The number of likely N-dealkylation sites (N-methyl/N-ethyl adjacent to an activating group) is 1. The Hall–Kier alpha value is -2.31. The molecule has 6 nitrogen and oxygen atoms in total. The molecule has 6 heteroatoms. The van der Waals surface area contributed by atoms with E-state index in [0.29, 0.717) is 24.0 Å². The quantitative estimate of drug-likeness (QED) is 0.821. The third kappa shape index (κ3) is 4.86. The Morgan fingerprint density at radius 1 is 1.19 bits per heavy atom. The number of hydrogen-bond donors (Lipinski definition) is 2. The van der Waals surface area contributed by atoms with Crippen molar-refractivity contribution in [3.8, 4) is 5.75 Å². The first-order valence-electron chi connectivity index (χ1n) is 9.20. The first-order valence-corrected chi connectivity index (χ1v) is 9.20. The van der Waals surface area contributed by atoms with Crippen molar-refractivity contribution in [1.29, 1.82) is 0 Å². The molecule has 0 saturated carbocycles. The summed E-state index contributed by atoms with van der Waals surface area (Å²) in [6.07, 6.45) is 0. The second kappa shape index (κ2) is 8.38. The van der Waals surface area contributed by atoms with Gasteiger partial charge in [0.1, 0.15) is 18.1 Å². The predicted octanol–water partition coefficient (Wildman–Crippen LogP) is 1.46. The molecule has 0 aliphatic carbocycles. The van der Waals surface area contributed by atoms with Gasteiger partial charge in [0.05, 0.1) is 33.2 Å². The number of quaternary nitrogens is 1. The van der Waals surface area contributed by atoms with E-state index in [9.17, 15) is 4.79 Å². The first-order chi connectivity index (χ1) is 12.5. The van der Waals surface area contributed by atoms with Crippen molar-refractivity contribution >= 4 is 5.91 Å². The lowest BCUT2D eigenvalue weighted by Crippen LogP contribution is -3.12. The molecule has 1 saturated heterocycles. The van der Waals surface area contributed by atoms with Crippen molar-refractivity contribution < 1.29 is 18.8 Å². The van der Waals surface area contributed by atoms with Gasteiger partial charge in [-0.05, 0) is 35.7 Å². The van der Waals surface area contributed by atoms with Crippen LogP contribution in [0.3, 0.4) is 0 Å². The molecular weight excluding hydrogens is 330 g/mol. The van der Waals surface area contributed by atoms with Crippen LogP contribution in [-0.4, -0.2) is 44.1 Å². The summed E-state index contributed by atoms with van der Waals surface area (Å²) in [5.74, 6) is 2.02. The summed E-state index contributed by atoms with van der Waals surface area (Å²) in [5.41, 5.74) is 4.18. The van der Waals surface area contributed by atoms with Crippen LogP contribution >= 0.6 is 0 Å². The number of rotatable bonds is 6. The molecular formula is C20H28N3O3+. The molecule has 0 spiro atoms. The number of amides is 1. The monoisotopic (exact) mass is 358 g/mol. The van der Waals surface area contributed by atoms with Crippen LogP contribution in [0.25, 0.3) is 0 Å². The normalized spacial score (nSPS) is 16.0. The molecule has 2 aromatic rings. The molecule has 2 N–H and O–H groups in total. The number of furan rings is 1. The molecule has 3 rings (SSSR count). The molecule has 0 bridgehead atoms. The van der Waals surface area contributed by atoms with Crippen LogP contribution in [-0.2, 0) is 6.61 Å². The molecule has 1 aromatic heterocycles. The molecule has 26 heavy (non-hydrogen) atoms. The van der Waals surface area contributed by atoms with Crippen LogP contribution in [0.4, 0.5) is 0 Å². The van der Waals surface area contributed by atoms with Gasteiger partial charge in [0.25, 0.3) is 0 Å². The minimum atomic E-state index is -0.211. The summed E-state index contributed by atoms with van der Waals surface area (Å²) in [6, 6.07) is 11.5. The maximum Gasteiger partial charge on any atom is 0.301 e. The molecule has 1 fully saturated rings. The number of nitrogens with one attached hydrogen (secondary N) is 2. The third-order valence-corrected chi connectivity index (χ3v) is 4.69. The Morgan fingerprint density at radius 3 is 2.54 bits per heavy atom. The molecule has 0 unspecified atom stereocenters. The summed E-state index contributed by atoms with van der Waals surface area (Å²) in [7, 11) is 2.16. The number of carbonyl (C=O) groups is 1. The number of hydrazine groups is 1. The fourth-order valence-electron chi connectivity index (χ4n) is 2.88. The van der Waals surface area contributed by atoms with Gasteiger partial charge in [0.15, 0.2) is 5.76 Å². The van der Waals surface area contributed by atoms with E-state index in [1.54, 1.807) is 12.1 Å². The van der Waals surface area contributed by atoms with Gasteiger partial charge in [-0.25, -0.2) is 5.01 Å². The Labute approximate surface area is 154 Å². The van der Waals surface area contributed by atoms with Crippen molar-refractivity contribution in [3.63, 3.8) is 0 Å². The van der Waals surface area contributed by atoms with Gasteiger partial charge in [0, 0.05) is 0 Å². The number of carbonyl (C=O) groups excluding carboxylic acids is 1. The number of nitrogens with zero attached hydrogens (tertiary/aromatic N) is 1. The SMILES string of the molecule is CC(C)c1ccc(OCc2ccc(C(=O)NN3CC[NH+](C)CC3)o2)cc1. The Bertz CT molecular complexity index is 716. The zero-order valence-electron chi connectivity index (χ0n) is 15.7. The van der Waals surface area contributed by atoms with E-state index in [0.717, 1.165) is 31.9 Å². The van der Waals surface area contributed by atoms with E-state index < -0.39 is 0 Å².